The van der Waals surface area contributed by atoms with Gasteiger partial charge in [0.05, 0.1) is 12.7 Å². The van der Waals surface area contributed by atoms with Gasteiger partial charge in [0, 0.05) is 12.8 Å². The Morgan fingerprint density at radius 2 is 1.11 bits per heavy atom. The van der Waals surface area contributed by atoms with Crippen molar-refractivity contribution >= 4 is 11.9 Å². The summed E-state index contributed by atoms with van der Waals surface area (Å²) < 4.78 is 10.6. The number of rotatable bonds is 39. The maximum Gasteiger partial charge on any atom is 0.306 e. The lowest BCUT2D eigenvalue weighted by molar-refractivity contribution is -0.161. The molecule has 0 rings (SSSR count). The highest BCUT2D eigenvalue weighted by molar-refractivity contribution is 5.70. The van der Waals surface area contributed by atoms with Crippen molar-refractivity contribution in [1.29, 1.82) is 0 Å². The Morgan fingerprint density at radius 3 is 1.69 bits per heavy atom. The minimum atomic E-state index is -0.813. The molecule has 0 spiro atoms. The van der Waals surface area contributed by atoms with Gasteiger partial charge in [0.2, 0.25) is 0 Å². The van der Waals surface area contributed by atoms with E-state index in [1.165, 1.54) is 109 Å². The number of aliphatic hydroxyl groups excluding tert-OH is 2. The highest BCUT2D eigenvalue weighted by Crippen LogP contribution is 2.17. The van der Waals surface area contributed by atoms with Gasteiger partial charge in [0.25, 0.3) is 0 Å². The number of esters is 2. The van der Waals surface area contributed by atoms with E-state index in [0.717, 1.165) is 50.9 Å². The lowest BCUT2D eigenvalue weighted by Gasteiger charge is -2.15. The normalized spacial score (nSPS) is 13.9. The lowest BCUT2D eigenvalue weighted by Crippen LogP contribution is -2.28. The van der Waals surface area contributed by atoms with Gasteiger partial charge >= 0.3 is 11.9 Å². The Kier molecular flexibility index (Phi) is 39.8. The number of allylic oxidation sites excluding steroid dienone is 8. The van der Waals surface area contributed by atoms with Gasteiger partial charge in [-0.15, -0.1) is 0 Å². The molecule has 6 heteroatoms. The Labute approximate surface area is 333 Å². The second-order valence-corrected chi connectivity index (χ2v) is 15.2. The first-order valence-electron chi connectivity index (χ1n) is 22.3. The van der Waals surface area contributed by atoms with Gasteiger partial charge in [-0.25, -0.2) is 0 Å². The molecule has 54 heavy (non-hydrogen) atoms. The second kappa shape index (κ2) is 41.7. The number of carbonyl (C=O) groups excluding carboxylic acids is 2. The summed E-state index contributed by atoms with van der Waals surface area (Å²) in [5, 5.41) is 19.5. The van der Waals surface area contributed by atoms with Crippen LogP contribution in [-0.4, -0.2) is 47.6 Å². The maximum atomic E-state index is 12.2. The third-order valence-electron chi connectivity index (χ3n) is 9.95. The van der Waals surface area contributed by atoms with Crippen molar-refractivity contribution in [2.75, 3.05) is 13.2 Å². The van der Waals surface area contributed by atoms with Gasteiger partial charge in [-0.3, -0.25) is 9.59 Å². The van der Waals surface area contributed by atoms with E-state index in [1.807, 2.05) is 36.5 Å². The zero-order valence-electron chi connectivity index (χ0n) is 35.2. The van der Waals surface area contributed by atoms with Crippen LogP contribution in [0.2, 0.25) is 0 Å². The van der Waals surface area contributed by atoms with E-state index in [-0.39, 0.29) is 31.6 Å². The summed E-state index contributed by atoms with van der Waals surface area (Å²) in [6.45, 7) is 6.31. The Hall–Kier alpha value is -2.44. The van der Waals surface area contributed by atoms with Crippen molar-refractivity contribution in [3.05, 3.63) is 60.8 Å². The smallest absolute Gasteiger partial charge is 0.306 e. The average Bonchev–Trinajstić information content (AvgIpc) is 3.17. The van der Waals surface area contributed by atoms with Crippen LogP contribution in [0.1, 0.15) is 201 Å². The van der Waals surface area contributed by atoms with Gasteiger partial charge in [0.15, 0.2) is 6.10 Å². The number of carbonyl (C=O) groups is 2. The van der Waals surface area contributed by atoms with Crippen LogP contribution >= 0.6 is 0 Å². The molecule has 2 unspecified atom stereocenters. The van der Waals surface area contributed by atoms with Crippen molar-refractivity contribution in [2.24, 2.45) is 5.92 Å². The maximum absolute atomic E-state index is 12.2. The summed E-state index contributed by atoms with van der Waals surface area (Å²) in [7, 11) is 0. The van der Waals surface area contributed by atoms with Gasteiger partial charge in [-0.1, -0.05) is 204 Å². The summed E-state index contributed by atoms with van der Waals surface area (Å²) in [5.74, 6) is 0.213. The van der Waals surface area contributed by atoms with Crippen LogP contribution in [0.25, 0.3) is 0 Å². The molecule has 0 aliphatic heterocycles. The van der Waals surface area contributed by atoms with Crippen molar-refractivity contribution in [2.45, 2.75) is 213 Å². The van der Waals surface area contributed by atoms with Crippen LogP contribution < -0.4 is 0 Å². The second-order valence-electron chi connectivity index (χ2n) is 15.2. The molecule has 0 saturated carbocycles. The first kappa shape index (κ1) is 51.6. The van der Waals surface area contributed by atoms with E-state index in [1.54, 1.807) is 6.08 Å². The Balaban J connectivity index is 3.64. The fraction of sp³-hybridized carbons (Fsp3) is 0.750. The van der Waals surface area contributed by atoms with Gasteiger partial charge in [-0.05, 0) is 50.9 Å². The molecule has 0 bridgehead atoms. The number of ether oxygens (including phenoxy) is 2. The summed E-state index contributed by atoms with van der Waals surface area (Å²) >= 11 is 0. The number of aliphatic hydroxyl groups is 2. The van der Waals surface area contributed by atoms with Crippen LogP contribution in [0, 0.1) is 5.92 Å². The van der Waals surface area contributed by atoms with Crippen molar-refractivity contribution < 1.29 is 29.3 Å². The predicted octanol–water partition coefficient (Wildman–Crippen LogP) is 13.2. The van der Waals surface area contributed by atoms with Crippen molar-refractivity contribution in [1.82, 2.24) is 0 Å². The molecule has 312 valence electrons. The van der Waals surface area contributed by atoms with Crippen molar-refractivity contribution in [3.63, 3.8) is 0 Å². The fourth-order valence-electron chi connectivity index (χ4n) is 6.18. The molecule has 0 radical (unpaired) electrons. The van der Waals surface area contributed by atoms with E-state index in [4.69, 9.17) is 9.47 Å². The molecule has 0 heterocycles. The zero-order chi connectivity index (χ0) is 39.6. The van der Waals surface area contributed by atoms with E-state index in [2.05, 4.69) is 39.0 Å². The largest absolute Gasteiger partial charge is 0.462 e. The number of hydrogen-bond acceptors (Lipinski definition) is 6. The van der Waals surface area contributed by atoms with E-state index in [9.17, 15) is 19.8 Å². The van der Waals surface area contributed by atoms with Crippen LogP contribution in [0.3, 0.4) is 0 Å². The topological polar surface area (TPSA) is 93.1 Å². The summed E-state index contributed by atoms with van der Waals surface area (Å²) in [5.41, 5.74) is 0. The van der Waals surface area contributed by atoms with Gasteiger partial charge < -0.3 is 19.7 Å². The molecule has 0 saturated heterocycles. The molecule has 0 aliphatic carbocycles. The Bertz CT molecular complexity index is 980. The molecule has 0 aliphatic rings. The van der Waals surface area contributed by atoms with E-state index in [0.29, 0.717) is 19.3 Å². The van der Waals surface area contributed by atoms with E-state index < -0.39 is 12.2 Å². The molecule has 3 atom stereocenters. The van der Waals surface area contributed by atoms with Crippen molar-refractivity contribution in [3.8, 4) is 0 Å². The van der Waals surface area contributed by atoms with Crippen LogP contribution in [0.5, 0.6) is 0 Å². The van der Waals surface area contributed by atoms with E-state index >= 15 is 0 Å². The van der Waals surface area contributed by atoms with Gasteiger partial charge in [0.1, 0.15) is 6.61 Å². The third kappa shape index (κ3) is 39.3. The van der Waals surface area contributed by atoms with Gasteiger partial charge in [-0.2, -0.15) is 0 Å². The molecule has 0 aromatic carbocycles. The summed E-state index contributed by atoms with van der Waals surface area (Å²) in [4.78, 5) is 24.3. The highest BCUT2D eigenvalue weighted by Gasteiger charge is 2.16. The SMILES string of the molecule is CC/C=C\C/C=C\CC(O)/C=C/C=C\C/C=C\CCCC(=O)OC[C@H](CO)OC(=O)CCCCCCCCCCCCCCCCCCCCC(C)CC. The molecule has 0 aromatic rings. The average molecular weight is 757 g/mol. The first-order valence-corrected chi connectivity index (χ1v) is 22.3. The Morgan fingerprint density at radius 1 is 0.593 bits per heavy atom. The molecule has 2 N–H and O–H groups in total. The number of unbranched alkanes of at least 4 members (excludes halogenated alkanes) is 18. The van der Waals surface area contributed by atoms with Crippen LogP contribution in [0.4, 0.5) is 0 Å². The highest BCUT2D eigenvalue weighted by atomic mass is 16.6. The minimum absolute atomic E-state index is 0.116. The molecule has 0 fully saturated rings. The number of hydrogen-bond donors (Lipinski definition) is 2. The molecule has 0 aromatic heterocycles. The summed E-state index contributed by atoms with van der Waals surface area (Å²) in [6.07, 6.45) is 50.4. The standard InChI is InChI=1S/C48H84O6/c1-4-6-7-8-28-33-38-45(50)39-34-29-24-21-22-25-30-35-40-47(51)53-43-46(42-49)54-48(52)41-36-31-26-20-18-16-14-12-10-9-11-13-15-17-19-23-27-32-37-44(3)5-2/h6-7,22,24-25,28-29,33-34,39,44-46,49-50H,4-5,8-21,23,26-27,30-32,35-38,40-43H2,1-3H3/b7-6-,25-22-,29-24-,33-28-,39-34+/t44?,45?,46-/m0/s1. The molecule has 6 nitrogen and oxygen atoms in total. The first-order chi connectivity index (χ1) is 26.4. The van der Waals surface area contributed by atoms with Crippen LogP contribution in [-0.2, 0) is 19.1 Å². The lowest BCUT2D eigenvalue weighted by atomic mass is 9.99. The monoisotopic (exact) mass is 757 g/mol. The van der Waals surface area contributed by atoms with Crippen LogP contribution in [0.15, 0.2) is 60.8 Å². The molecule has 0 amide bonds. The zero-order valence-corrected chi connectivity index (χ0v) is 35.2. The summed E-state index contributed by atoms with van der Waals surface area (Å²) in [6, 6.07) is 0. The minimum Gasteiger partial charge on any atom is -0.462 e. The molecular weight excluding hydrogens is 673 g/mol. The fourth-order valence-corrected chi connectivity index (χ4v) is 6.18. The predicted molar refractivity (Wildman–Crippen MR) is 229 cm³/mol. The molecular formula is C48H84O6. The third-order valence-corrected chi connectivity index (χ3v) is 9.95. The quantitative estimate of drug-likeness (QED) is 0.0281.